The second-order valence-electron chi connectivity index (χ2n) is 5.37. The van der Waals surface area contributed by atoms with Crippen LogP contribution in [-0.2, 0) is 4.79 Å². The van der Waals surface area contributed by atoms with Crippen molar-refractivity contribution in [3.63, 3.8) is 0 Å². The lowest BCUT2D eigenvalue weighted by Gasteiger charge is -2.28. The quantitative estimate of drug-likeness (QED) is 0.844. The summed E-state index contributed by atoms with van der Waals surface area (Å²) >= 11 is 0. The minimum atomic E-state index is 0.168. The molecular formula is C16H24N2O. The first-order valence-corrected chi connectivity index (χ1v) is 7.33. The first-order chi connectivity index (χ1) is 9.17. The summed E-state index contributed by atoms with van der Waals surface area (Å²) < 4.78 is 0. The van der Waals surface area contributed by atoms with Crippen molar-refractivity contribution in [1.82, 2.24) is 4.90 Å². The lowest BCUT2D eigenvalue weighted by molar-refractivity contribution is -0.136. The zero-order valence-corrected chi connectivity index (χ0v) is 11.9. The topological polar surface area (TPSA) is 46.3 Å². The molecule has 1 amide bonds. The van der Waals surface area contributed by atoms with E-state index in [1.165, 1.54) is 5.56 Å². The van der Waals surface area contributed by atoms with Gasteiger partial charge in [-0.25, -0.2) is 0 Å². The molecule has 104 valence electrons. The van der Waals surface area contributed by atoms with Gasteiger partial charge in [0.1, 0.15) is 0 Å². The first-order valence-electron chi connectivity index (χ1n) is 7.33. The summed E-state index contributed by atoms with van der Waals surface area (Å²) in [6.07, 6.45) is 3.99. The van der Waals surface area contributed by atoms with Crippen molar-refractivity contribution in [3.8, 4) is 0 Å². The summed E-state index contributed by atoms with van der Waals surface area (Å²) in [6, 6.07) is 8.17. The Kier molecular flexibility index (Phi) is 4.46. The molecule has 1 fully saturated rings. The van der Waals surface area contributed by atoms with Crippen LogP contribution in [0.4, 0.5) is 5.69 Å². The van der Waals surface area contributed by atoms with Crippen LogP contribution in [0.2, 0.25) is 0 Å². The van der Waals surface area contributed by atoms with Gasteiger partial charge in [-0.2, -0.15) is 0 Å². The summed E-state index contributed by atoms with van der Waals surface area (Å²) in [7, 11) is 0. The Balaban J connectivity index is 2.19. The summed E-state index contributed by atoms with van der Waals surface area (Å²) in [5, 5.41) is 0. The Hall–Kier alpha value is -1.51. The van der Waals surface area contributed by atoms with Gasteiger partial charge in [-0.05, 0) is 43.4 Å². The van der Waals surface area contributed by atoms with Crippen LogP contribution in [0.5, 0.6) is 0 Å². The molecule has 1 atom stereocenters. The number of hydrogen-bond acceptors (Lipinski definition) is 2. The monoisotopic (exact) mass is 260 g/mol. The van der Waals surface area contributed by atoms with Crippen molar-refractivity contribution < 1.29 is 4.79 Å². The van der Waals surface area contributed by atoms with Crippen molar-refractivity contribution in [2.75, 3.05) is 12.3 Å². The van der Waals surface area contributed by atoms with E-state index in [9.17, 15) is 4.79 Å². The molecule has 3 heteroatoms. The number of hydrogen-bond donors (Lipinski definition) is 1. The largest absolute Gasteiger partial charge is 0.399 e. The van der Waals surface area contributed by atoms with E-state index in [0.717, 1.165) is 37.9 Å². The third-order valence-electron chi connectivity index (χ3n) is 4.17. The molecule has 19 heavy (non-hydrogen) atoms. The highest BCUT2D eigenvalue weighted by molar-refractivity contribution is 5.79. The van der Waals surface area contributed by atoms with E-state index in [4.69, 9.17) is 5.73 Å². The van der Waals surface area contributed by atoms with Gasteiger partial charge in [-0.1, -0.05) is 26.0 Å². The number of amides is 1. The zero-order chi connectivity index (χ0) is 13.8. The molecule has 1 unspecified atom stereocenters. The summed E-state index contributed by atoms with van der Waals surface area (Å²) in [5.41, 5.74) is 7.81. The van der Waals surface area contributed by atoms with Crippen LogP contribution < -0.4 is 5.73 Å². The maximum absolute atomic E-state index is 12.6. The van der Waals surface area contributed by atoms with E-state index in [2.05, 4.69) is 24.8 Å². The van der Waals surface area contributed by atoms with Crippen LogP contribution in [0.3, 0.4) is 0 Å². The van der Waals surface area contributed by atoms with Crippen LogP contribution in [-0.4, -0.2) is 17.4 Å². The molecule has 3 nitrogen and oxygen atoms in total. The van der Waals surface area contributed by atoms with Gasteiger partial charge < -0.3 is 10.6 Å². The summed E-state index contributed by atoms with van der Waals surface area (Å²) in [6.45, 7) is 5.07. The molecule has 1 saturated heterocycles. The highest BCUT2D eigenvalue weighted by Crippen LogP contribution is 2.34. The molecule has 1 aliphatic rings. The number of carbonyl (C=O) groups excluding carboxylic acids is 1. The van der Waals surface area contributed by atoms with Gasteiger partial charge in [0.15, 0.2) is 0 Å². The number of benzene rings is 1. The summed E-state index contributed by atoms with van der Waals surface area (Å²) in [5.74, 6) is 0.483. The molecule has 0 bridgehead atoms. The van der Waals surface area contributed by atoms with Gasteiger partial charge >= 0.3 is 0 Å². The predicted molar refractivity (Wildman–Crippen MR) is 78.6 cm³/mol. The fourth-order valence-electron chi connectivity index (χ4n) is 3.02. The average Bonchev–Trinajstić information content (AvgIpc) is 2.89. The number of rotatable bonds is 4. The Morgan fingerprint density at radius 2 is 2.16 bits per heavy atom. The standard InChI is InChI=1S/C16H24N2O/c1-3-12(4-2)16(19)18-10-6-9-15(18)13-7-5-8-14(17)11-13/h5,7-8,11-12,15H,3-4,6,9-10,17H2,1-2H3. The lowest BCUT2D eigenvalue weighted by Crippen LogP contribution is -2.35. The number of anilines is 1. The summed E-state index contributed by atoms with van der Waals surface area (Å²) in [4.78, 5) is 14.6. The molecule has 1 heterocycles. The lowest BCUT2D eigenvalue weighted by atomic mass is 9.99. The van der Waals surface area contributed by atoms with Crippen molar-refractivity contribution in [2.45, 2.75) is 45.6 Å². The normalized spacial score (nSPS) is 19.1. The van der Waals surface area contributed by atoms with E-state index < -0.39 is 0 Å². The minimum absolute atomic E-state index is 0.168. The van der Waals surface area contributed by atoms with E-state index in [0.29, 0.717) is 5.91 Å². The molecule has 0 spiro atoms. The average molecular weight is 260 g/mol. The molecule has 0 radical (unpaired) electrons. The van der Waals surface area contributed by atoms with E-state index in [-0.39, 0.29) is 12.0 Å². The van der Waals surface area contributed by atoms with Gasteiger partial charge in [0, 0.05) is 18.2 Å². The fourth-order valence-corrected chi connectivity index (χ4v) is 3.02. The third-order valence-corrected chi connectivity index (χ3v) is 4.17. The van der Waals surface area contributed by atoms with E-state index in [1.54, 1.807) is 0 Å². The molecule has 0 aromatic heterocycles. The number of nitrogen functional groups attached to an aromatic ring is 1. The van der Waals surface area contributed by atoms with E-state index in [1.807, 2.05) is 18.2 Å². The SMILES string of the molecule is CCC(CC)C(=O)N1CCCC1c1cccc(N)c1. The number of nitrogens with zero attached hydrogens (tertiary/aromatic N) is 1. The second-order valence-corrected chi connectivity index (χ2v) is 5.37. The third kappa shape index (κ3) is 2.91. The van der Waals surface area contributed by atoms with Crippen LogP contribution in [0.1, 0.15) is 51.1 Å². The van der Waals surface area contributed by atoms with Gasteiger partial charge in [0.05, 0.1) is 6.04 Å². The molecule has 2 N–H and O–H groups in total. The number of nitrogens with two attached hydrogens (primary N) is 1. The van der Waals surface area contributed by atoms with Gasteiger partial charge in [-0.15, -0.1) is 0 Å². The Morgan fingerprint density at radius 3 is 2.79 bits per heavy atom. The highest BCUT2D eigenvalue weighted by Gasteiger charge is 2.32. The first kappa shape index (κ1) is 13.9. The smallest absolute Gasteiger partial charge is 0.226 e. The van der Waals surface area contributed by atoms with Gasteiger partial charge in [0.2, 0.25) is 5.91 Å². The highest BCUT2D eigenvalue weighted by atomic mass is 16.2. The van der Waals surface area contributed by atoms with Crippen molar-refractivity contribution in [3.05, 3.63) is 29.8 Å². The van der Waals surface area contributed by atoms with Crippen molar-refractivity contribution in [2.24, 2.45) is 5.92 Å². The molecule has 2 rings (SSSR count). The maximum atomic E-state index is 12.6. The minimum Gasteiger partial charge on any atom is -0.399 e. The van der Waals surface area contributed by atoms with Crippen LogP contribution in [0.25, 0.3) is 0 Å². The Labute approximate surface area is 115 Å². The molecule has 1 aromatic rings. The Morgan fingerprint density at radius 1 is 1.42 bits per heavy atom. The Bertz CT molecular complexity index is 440. The van der Waals surface area contributed by atoms with Gasteiger partial charge in [-0.3, -0.25) is 4.79 Å². The fraction of sp³-hybridized carbons (Fsp3) is 0.562. The maximum Gasteiger partial charge on any atom is 0.226 e. The van der Waals surface area contributed by atoms with E-state index >= 15 is 0 Å². The van der Waals surface area contributed by atoms with Crippen LogP contribution >= 0.6 is 0 Å². The molecule has 1 aromatic carbocycles. The zero-order valence-electron chi connectivity index (χ0n) is 11.9. The molecular weight excluding hydrogens is 236 g/mol. The number of carbonyl (C=O) groups is 1. The van der Waals surface area contributed by atoms with Crippen molar-refractivity contribution >= 4 is 11.6 Å². The molecule has 1 aliphatic heterocycles. The number of likely N-dealkylation sites (tertiary alicyclic amines) is 1. The van der Waals surface area contributed by atoms with Crippen LogP contribution in [0, 0.1) is 5.92 Å². The molecule has 0 saturated carbocycles. The molecule has 0 aliphatic carbocycles. The van der Waals surface area contributed by atoms with Gasteiger partial charge in [0.25, 0.3) is 0 Å². The van der Waals surface area contributed by atoms with Crippen molar-refractivity contribution in [1.29, 1.82) is 0 Å². The second kappa shape index (κ2) is 6.09. The predicted octanol–water partition coefficient (Wildman–Crippen LogP) is 3.37. The van der Waals surface area contributed by atoms with Crippen LogP contribution in [0.15, 0.2) is 24.3 Å².